The van der Waals surface area contributed by atoms with Crippen LogP contribution in [0, 0.1) is 0 Å². The van der Waals surface area contributed by atoms with Gasteiger partial charge in [-0.25, -0.2) is 4.79 Å². The topological polar surface area (TPSA) is 53.6 Å². The normalized spacial score (nSPS) is 25.5. The monoisotopic (exact) mass is 269 g/mol. The SMILES string of the molecule is CN(C)C(=O)NCCNC1CCOC2(CCCC2)C1. The predicted molar refractivity (Wildman–Crippen MR) is 75.3 cm³/mol. The minimum absolute atomic E-state index is 0.0268. The van der Waals surface area contributed by atoms with E-state index in [0.717, 1.165) is 26.0 Å². The van der Waals surface area contributed by atoms with E-state index >= 15 is 0 Å². The van der Waals surface area contributed by atoms with Crippen LogP contribution in [0.3, 0.4) is 0 Å². The highest BCUT2D eigenvalue weighted by atomic mass is 16.5. The molecule has 1 aliphatic carbocycles. The summed E-state index contributed by atoms with van der Waals surface area (Å²) in [4.78, 5) is 12.9. The molecule has 1 aliphatic heterocycles. The smallest absolute Gasteiger partial charge is 0.316 e. The summed E-state index contributed by atoms with van der Waals surface area (Å²) in [5, 5.41) is 6.43. The maximum Gasteiger partial charge on any atom is 0.316 e. The summed E-state index contributed by atoms with van der Waals surface area (Å²) in [6, 6.07) is 0.518. The van der Waals surface area contributed by atoms with Crippen molar-refractivity contribution in [3.63, 3.8) is 0 Å². The first-order valence-electron chi connectivity index (χ1n) is 7.44. The molecule has 19 heavy (non-hydrogen) atoms. The molecule has 2 fully saturated rings. The fourth-order valence-electron chi connectivity index (χ4n) is 3.17. The molecule has 1 atom stereocenters. The fourth-order valence-corrected chi connectivity index (χ4v) is 3.17. The Morgan fingerprint density at radius 3 is 2.74 bits per heavy atom. The lowest BCUT2D eigenvalue weighted by molar-refractivity contribution is -0.0834. The standard InChI is InChI=1S/C14H27N3O2/c1-17(2)13(18)16-9-8-15-12-5-10-19-14(11-12)6-3-4-7-14/h12,15H,3-11H2,1-2H3,(H,16,18). The van der Waals surface area contributed by atoms with Gasteiger partial charge in [0.1, 0.15) is 0 Å². The summed E-state index contributed by atoms with van der Waals surface area (Å²) in [5.41, 5.74) is 0.169. The lowest BCUT2D eigenvalue weighted by Crippen LogP contribution is -2.47. The van der Waals surface area contributed by atoms with E-state index in [0.29, 0.717) is 12.6 Å². The Bertz CT molecular complexity index is 301. The zero-order valence-electron chi connectivity index (χ0n) is 12.2. The zero-order chi connectivity index (χ0) is 13.7. The first-order chi connectivity index (χ1) is 9.11. The molecule has 0 aromatic carbocycles. The van der Waals surface area contributed by atoms with Crippen LogP contribution in [-0.4, -0.2) is 56.4 Å². The van der Waals surface area contributed by atoms with Gasteiger partial charge in [-0.2, -0.15) is 0 Å². The number of nitrogens with one attached hydrogen (secondary N) is 2. The highest BCUT2D eigenvalue weighted by Gasteiger charge is 2.39. The van der Waals surface area contributed by atoms with Gasteiger partial charge >= 0.3 is 6.03 Å². The number of carbonyl (C=O) groups is 1. The van der Waals surface area contributed by atoms with Crippen molar-refractivity contribution in [2.75, 3.05) is 33.8 Å². The van der Waals surface area contributed by atoms with Crippen LogP contribution in [0.4, 0.5) is 4.79 Å². The molecule has 5 nitrogen and oxygen atoms in total. The summed E-state index contributed by atoms with van der Waals surface area (Å²) in [7, 11) is 3.51. The van der Waals surface area contributed by atoms with Crippen molar-refractivity contribution < 1.29 is 9.53 Å². The third-order valence-corrected chi connectivity index (χ3v) is 4.25. The Morgan fingerprint density at radius 1 is 1.32 bits per heavy atom. The minimum atomic E-state index is -0.0268. The highest BCUT2D eigenvalue weighted by molar-refractivity contribution is 5.73. The largest absolute Gasteiger partial charge is 0.375 e. The lowest BCUT2D eigenvalue weighted by Gasteiger charge is -2.38. The fraction of sp³-hybridized carbons (Fsp3) is 0.929. The van der Waals surface area contributed by atoms with Crippen LogP contribution in [0.15, 0.2) is 0 Å². The number of carbonyl (C=O) groups excluding carboxylic acids is 1. The van der Waals surface area contributed by atoms with Crippen LogP contribution in [0.25, 0.3) is 0 Å². The van der Waals surface area contributed by atoms with E-state index in [1.165, 1.54) is 25.7 Å². The molecule has 0 radical (unpaired) electrons. The lowest BCUT2D eigenvalue weighted by atomic mass is 9.89. The molecule has 1 saturated carbocycles. The summed E-state index contributed by atoms with van der Waals surface area (Å²) >= 11 is 0. The van der Waals surface area contributed by atoms with Crippen LogP contribution < -0.4 is 10.6 Å². The van der Waals surface area contributed by atoms with Gasteiger partial charge in [0.05, 0.1) is 5.60 Å². The minimum Gasteiger partial charge on any atom is -0.375 e. The first-order valence-corrected chi connectivity index (χ1v) is 7.44. The van der Waals surface area contributed by atoms with Crippen molar-refractivity contribution >= 4 is 6.03 Å². The van der Waals surface area contributed by atoms with Crippen molar-refractivity contribution in [2.24, 2.45) is 0 Å². The molecule has 1 heterocycles. The Hall–Kier alpha value is -0.810. The molecule has 2 aliphatic rings. The van der Waals surface area contributed by atoms with E-state index in [4.69, 9.17) is 4.74 Å². The van der Waals surface area contributed by atoms with Crippen LogP contribution >= 0.6 is 0 Å². The van der Waals surface area contributed by atoms with E-state index in [-0.39, 0.29) is 11.6 Å². The van der Waals surface area contributed by atoms with Gasteiger partial charge in [0.25, 0.3) is 0 Å². The summed E-state index contributed by atoms with van der Waals surface area (Å²) < 4.78 is 6.02. The van der Waals surface area contributed by atoms with Crippen molar-refractivity contribution in [2.45, 2.75) is 50.2 Å². The molecule has 1 saturated heterocycles. The van der Waals surface area contributed by atoms with Gasteiger partial charge in [0, 0.05) is 39.8 Å². The number of rotatable bonds is 4. The van der Waals surface area contributed by atoms with Gasteiger partial charge in [0.15, 0.2) is 0 Å². The summed E-state index contributed by atoms with van der Waals surface area (Å²) in [6.45, 7) is 2.39. The number of hydrogen-bond donors (Lipinski definition) is 2. The number of nitrogens with zero attached hydrogens (tertiary/aromatic N) is 1. The summed E-state index contributed by atoms with van der Waals surface area (Å²) in [5.74, 6) is 0. The third kappa shape index (κ3) is 4.08. The number of amides is 2. The predicted octanol–water partition coefficient (Wildman–Crippen LogP) is 1.34. The van der Waals surface area contributed by atoms with Crippen molar-refractivity contribution in [1.29, 1.82) is 0 Å². The van der Waals surface area contributed by atoms with Crippen molar-refractivity contribution in [3.05, 3.63) is 0 Å². The van der Waals surface area contributed by atoms with Crippen LogP contribution in [-0.2, 0) is 4.74 Å². The maximum atomic E-state index is 11.4. The Labute approximate surface area is 116 Å². The van der Waals surface area contributed by atoms with Gasteiger partial charge in [-0.15, -0.1) is 0 Å². The second-order valence-corrected chi connectivity index (χ2v) is 6.01. The molecular weight excluding hydrogens is 242 g/mol. The molecule has 0 aromatic rings. The van der Waals surface area contributed by atoms with Gasteiger partial charge in [-0.05, 0) is 25.7 Å². The van der Waals surface area contributed by atoms with Crippen LogP contribution in [0.1, 0.15) is 38.5 Å². The Kier molecular flexibility index (Phi) is 5.05. The second kappa shape index (κ2) is 6.57. The molecule has 2 amide bonds. The third-order valence-electron chi connectivity index (χ3n) is 4.25. The van der Waals surface area contributed by atoms with E-state index < -0.39 is 0 Å². The number of urea groups is 1. The molecule has 5 heteroatoms. The molecule has 1 unspecified atom stereocenters. The van der Waals surface area contributed by atoms with Crippen molar-refractivity contribution in [1.82, 2.24) is 15.5 Å². The molecular formula is C14H27N3O2. The summed E-state index contributed by atoms with van der Waals surface area (Å²) in [6.07, 6.45) is 7.29. The van der Waals surface area contributed by atoms with Crippen LogP contribution in [0.2, 0.25) is 0 Å². The van der Waals surface area contributed by atoms with Gasteiger partial charge in [-0.3, -0.25) is 0 Å². The Balaban J connectivity index is 1.64. The number of hydrogen-bond acceptors (Lipinski definition) is 3. The van der Waals surface area contributed by atoms with E-state index in [9.17, 15) is 4.79 Å². The average Bonchev–Trinajstić information content (AvgIpc) is 2.82. The molecule has 110 valence electrons. The second-order valence-electron chi connectivity index (χ2n) is 6.01. The van der Waals surface area contributed by atoms with Gasteiger partial charge in [0.2, 0.25) is 0 Å². The van der Waals surface area contributed by atoms with E-state index in [1.54, 1.807) is 19.0 Å². The Morgan fingerprint density at radius 2 is 2.05 bits per heavy atom. The average molecular weight is 269 g/mol. The van der Waals surface area contributed by atoms with Gasteiger partial charge in [-0.1, -0.05) is 12.8 Å². The van der Waals surface area contributed by atoms with Crippen LogP contribution in [0.5, 0.6) is 0 Å². The maximum absolute atomic E-state index is 11.4. The molecule has 0 bridgehead atoms. The van der Waals surface area contributed by atoms with Gasteiger partial charge < -0.3 is 20.3 Å². The first kappa shape index (κ1) is 14.6. The molecule has 0 aromatic heterocycles. The zero-order valence-corrected chi connectivity index (χ0v) is 12.2. The van der Waals surface area contributed by atoms with E-state index in [2.05, 4.69) is 10.6 Å². The van der Waals surface area contributed by atoms with Crippen molar-refractivity contribution in [3.8, 4) is 0 Å². The van der Waals surface area contributed by atoms with E-state index in [1.807, 2.05) is 0 Å². The molecule has 2 N–H and O–H groups in total. The molecule has 1 spiro atoms. The quantitative estimate of drug-likeness (QED) is 0.757. The molecule has 2 rings (SSSR count). The highest BCUT2D eigenvalue weighted by Crippen LogP contribution is 2.39. The number of ether oxygens (including phenoxy) is 1.